The first-order chi connectivity index (χ1) is 10.7. The number of hydrogen-bond acceptors (Lipinski definition) is 3. The highest BCUT2D eigenvalue weighted by molar-refractivity contribution is 5.73. The minimum atomic E-state index is -0.862. The molecule has 1 saturated heterocycles. The largest absolute Gasteiger partial charge is 0.388 e. The van der Waals surface area contributed by atoms with Gasteiger partial charge >= 0.3 is 6.03 Å². The molecule has 3 atom stereocenters. The molecule has 0 aliphatic carbocycles. The van der Waals surface area contributed by atoms with Crippen molar-refractivity contribution in [2.45, 2.75) is 59.5 Å². The lowest BCUT2D eigenvalue weighted by Crippen LogP contribution is -2.47. The topological polar surface area (TPSA) is 64.6 Å². The number of amides is 2. The highest BCUT2D eigenvalue weighted by Gasteiger charge is 2.25. The normalized spacial score (nSPS) is 25.2. The van der Waals surface area contributed by atoms with Gasteiger partial charge in [-0.3, -0.25) is 0 Å². The number of rotatable bonds is 8. The third kappa shape index (κ3) is 8.02. The SMILES string of the molecule is CC1CC(C)CN(CCCCNC(=O)NCC(C)(O)C(C)C)C1. The molecule has 1 fully saturated rings. The Bertz CT molecular complexity index is 348. The molecule has 1 rings (SSSR count). The molecule has 0 saturated carbocycles. The van der Waals surface area contributed by atoms with E-state index in [-0.39, 0.29) is 18.5 Å². The third-order valence-corrected chi connectivity index (χ3v) is 4.98. The van der Waals surface area contributed by atoms with Crippen molar-refractivity contribution in [2.24, 2.45) is 17.8 Å². The first-order valence-corrected chi connectivity index (χ1v) is 9.17. The summed E-state index contributed by atoms with van der Waals surface area (Å²) in [6, 6.07) is -0.189. The van der Waals surface area contributed by atoms with E-state index in [2.05, 4.69) is 29.4 Å². The molecule has 0 aromatic carbocycles. The Morgan fingerprint density at radius 3 is 2.39 bits per heavy atom. The van der Waals surface area contributed by atoms with Gasteiger partial charge in [0, 0.05) is 26.2 Å². The number of urea groups is 1. The number of likely N-dealkylation sites (tertiary alicyclic amines) is 1. The van der Waals surface area contributed by atoms with Gasteiger partial charge in [0.25, 0.3) is 0 Å². The molecule has 2 amide bonds. The zero-order valence-corrected chi connectivity index (χ0v) is 15.7. The number of nitrogens with zero attached hydrogens (tertiary/aromatic N) is 1. The Kier molecular flexibility index (Phi) is 8.34. The van der Waals surface area contributed by atoms with Crippen molar-refractivity contribution >= 4 is 6.03 Å². The number of carbonyl (C=O) groups excluding carboxylic acids is 1. The van der Waals surface area contributed by atoms with E-state index in [4.69, 9.17) is 0 Å². The lowest BCUT2D eigenvalue weighted by molar-refractivity contribution is 0.0166. The van der Waals surface area contributed by atoms with Crippen LogP contribution in [0.3, 0.4) is 0 Å². The second kappa shape index (κ2) is 9.48. The summed E-state index contributed by atoms with van der Waals surface area (Å²) in [4.78, 5) is 14.3. The van der Waals surface area contributed by atoms with E-state index in [1.165, 1.54) is 19.5 Å². The number of hydrogen-bond donors (Lipinski definition) is 3. The van der Waals surface area contributed by atoms with Gasteiger partial charge in [0.1, 0.15) is 0 Å². The van der Waals surface area contributed by atoms with E-state index in [9.17, 15) is 9.90 Å². The fourth-order valence-electron chi connectivity index (χ4n) is 3.16. The predicted molar refractivity (Wildman–Crippen MR) is 95.5 cm³/mol. The molecule has 0 aromatic rings. The zero-order chi connectivity index (χ0) is 17.5. The van der Waals surface area contributed by atoms with Gasteiger partial charge in [-0.1, -0.05) is 27.7 Å². The van der Waals surface area contributed by atoms with Crippen LogP contribution in [0.5, 0.6) is 0 Å². The van der Waals surface area contributed by atoms with Crippen LogP contribution >= 0.6 is 0 Å². The predicted octanol–water partition coefficient (Wildman–Crippen LogP) is 2.45. The Balaban J connectivity index is 2.07. The van der Waals surface area contributed by atoms with Crippen LogP contribution in [-0.2, 0) is 0 Å². The van der Waals surface area contributed by atoms with E-state index in [1.807, 2.05) is 13.8 Å². The third-order valence-electron chi connectivity index (χ3n) is 4.98. The van der Waals surface area contributed by atoms with Crippen LogP contribution in [0.4, 0.5) is 4.79 Å². The monoisotopic (exact) mass is 327 g/mol. The molecular weight excluding hydrogens is 290 g/mol. The van der Waals surface area contributed by atoms with Crippen LogP contribution in [0, 0.1) is 17.8 Å². The van der Waals surface area contributed by atoms with E-state index >= 15 is 0 Å². The Hall–Kier alpha value is -0.810. The van der Waals surface area contributed by atoms with Crippen molar-refractivity contribution in [3.63, 3.8) is 0 Å². The van der Waals surface area contributed by atoms with Crippen molar-refractivity contribution in [3.05, 3.63) is 0 Å². The standard InChI is InChI=1S/C18H37N3O2/c1-14(2)18(5,23)13-20-17(22)19-8-6-7-9-21-11-15(3)10-16(4)12-21/h14-16,23H,6-13H2,1-5H3,(H2,19,20,22). The highest BCUT2D eigenvalue weighted by atomic mass is 16.3. The summed E-state index contributed by atoms with van der Waals surface area (Å²) in [6.07, 6.45) is 3.45. The summed E-state index contributed by atoms with van der Waals surface area (Å²) >= 11 is 0. The molecule has 1 aliphatic heterocycles. The average molecular weight is 328 g/mol. The zero-order valence-electron chi connectivity index (χ0n) is 15.7. The van der Waals surface area contributed by atoms with Gasteiger partial charge < -0.3 is 20.6 Å². The van der Waals surface area contributed by atoms with E-state index in [0.717, 1.165) is 31.2 Å². The van der Waals surface area contributed by atoms with Crippen LogP contribution in [0.25, 0.3) is 0 Å². The summed E-state index contributed by atoms with van der Waals surface area (Å²) in [5.74, 6) is 1.71. The van der Waals surface area contributed by atoms with Gasteiger partial charge in [-0.15, -0.1) is 0 Å². The number of aliphatic hydroxyl groups is 1. The quantitative estimate of drug-likeness (QED) is 0.600. The van der Waals surface area contributed by atoms with Crippen LogP contribution in [0.2, 0.25) is 0 Å². The molecule has 5 heteroatoms. The molecule has 3 unspecified atom stereocenters. The van der Waals surface area contributed by atoms with Gasteiger partial charge in [-0.25, -0.2) is 4.79 Å². The lowest BCUT2D eigenvalue weighted by atomic mass is 9.92. The maximum Gasteiger partial charge on any atom is 0.314 e. The van der Waals surface area contributed by atoms with Crippen molar-refractivity contribution in [3.8, 4) is 0 Å². The molecule has 3 N–H and O–H groups in total. The molecule has 23 heavy (non-hydrogen) atoms. The number of nitrogens with one attached hydrogen (secondary N) is 2. The Morgan fingerprint density at radius 1 is 1.22 bits per heavy atom. The maximum atomic E-state index is 11.7. The molecule has 0 bridgehead atoms. The van der Waals surface area contributed by atoms with Gasteiger partial charge in [0.05, 0.1) is 5.60 Å². The van der Waals surface area contributed by atoms with Crippen LogP contribution in [0.15, 0.2) is 0 Å². The second-order valence-electron chi connectivity index (χ2n) is 8.03. The fraction of sp³-hybridized carbons (Fsp3) is 0.944. The summed E-state index contributed by atoms with van der Waals surface area (Å²) < 4.78 is 0. The minimum absolute atomic E-state index is 0.108. The van der Waals surface area contributed by atoms with Crippen molar-refractivity contribution in [2.75, 3.05) is 32.7 Å². The van der Waals surface area contributed by atoms with Gasteiger partial charge in [-0.2, -0.15) is 0 Å². The van der Waals surface area contributed by atoms with Crippen molar-refractivity contribution in [1.82, 2.24) is 15.5 Å². The molecule has 136 valence electrons. The van der Waals surface area contributed by atoms with E-state index in [1.54, 1.807) is 6.92 Å². The van der Waals surface area contributed by atoms with E-state index < -0.39 is 5.60 Å². The first-order valence-electron chi connectivity index (χ1n) is 9.17. The molecule has 0 spiro atoms. The Morgan fingerprint density at radius 2 is 1.83 bits per heavy atom. The molecule has 1 aliphatic rings. The summed E-state index contributed by atoms with van der Waals surface area (Å²) in [5.41, 5.74) is -0.862. The fourth-order valence-corrected chi connectivity index (χ4v) is 3.16. The molecule has 0 aromatic heterocycles. The maximum absolute atomic E-state index is 11.7. The average Bonchev–Trinajstić information content (AvgIpc) is 2.43. The minimum Gasteiger partial charge on any atom is -0.388 e. The van der Waals surface area contributed by atoms with Crippen LogP contribution in [0.1, 0.15) is 53.9 Å². The Labute approximate surface area is 142 Å². The van der Waals surface area contributed by atoms with Crippen molar-refractivity contribution < 1.29 is 9.90 Å². The first kappa shape index (κ1) is 20.2. The number of piperidine rings is 1. The summed E-state index contributed by atoms with van der Waals surface area (Å²) in [6.45, 7) is 14.8. The number of unbranched alkanes of at least 4 members (excludes halogenated alkanes) is 1. The van der Waals surface area contributed by atoms with Gasteiger partial charge in [-0.05, 0) is 50.5 Å². The lowest BCUT2D eigenvalue weighted by Gasteiger charge is -2.34. The van der Waals surface area contributed by atoms with Gasteiger partial charge in [0.2, 0.25) is 0 Å². The van der Waals surface area contributed by atoms with Gasteiger partial charge in [0.15, 0.2) is 0 Å². The molecule has 1 heterocycles. The number of carbonyl (C=O) groups is 1. The molecule has 5 nitrogen and oxygen atoms in total. The molecule has 0 radical (unpaired) electrons. The molecular formula is C18H37N3O2. The van der Waals surface area contributed by atoms with Crippen LogP contribution in [-0.4, -0.2) is 54.4 Å². The highest BCUT2D eigenvalue weighted by Crippen LogP contribution is 2.20. The van der Waals surface area contributed by atoms with Crippen LogP contribution < -0.4 is 10.6 Å². The smallest absolute Gasteiger partial charge is 0.314 e. The summed E-state index contributed by atoms with van der Waals surface area (Å²) in [5, 5.41) is 15.7. The van der Waals surface area contributed by atoms with Crippen molar-refractivity contribution in [1.29, 1.82) is 0 Å². The van der Waals surface area contributed by atoms with E-state index in [0.29, 0.717) is 6.54 Å². The summed E-state index contributed by atoms with van der Waals surface area (Å²) in [7, 11) is 0. The second-order valence-corrected chi connectivity index (χ2v) is 8.03.